The summed E-state index contributed by atoms with van der Waals surface area (Å²) in [6.07, 6.45) is 2.69. The average Bonchev–Trinajstić information content (AvgIpc) is 2.83. The topological polar surface area (TPSA) is 57.2 Å². The van der Waals surface area contributed by atoms with Gasteiger partial charge in [-0.2, -0.15) is 13.2 Å². The van der Waals surface area contributed by atoms with Crippen LogP contribution in [0.2, 0.25) is 0 Å². The highest BCUT2D eigenvalue weighted by Crippen LogP contribution is 2.20. The molecule has 2 rings (SSSR count). The fourth-order valence-electron chi connectivity index (χ4n) is 1.69. The van der Waals surface area contributed by atoms with Gasteiger partial charge < -0.3 is 4.55 Å². The van der Waals surface area contributed by atoms with Gasteiger partial charge in [-0.15, -0.1) is 0 Å². The second kappa shape index (κ2) is 7.46. The van der Waals surface area contributed by atoms with Crippen LogP contribution >= 0.6 is 0 Å². The molecule has 0 aromatic heterocycles. The van der Waals surface area contributed by atoms with Crippen molar-refractivity contribution in [3.05, 3.63) is 35.6 Å². The Labute approximate surface area is 123 Å². The van der Waals surface area contributed by atoms with Crippen molar-refractivity contribution in [3.63, 3.8) is 0 Å². The van der Waals surface area contributed by atoms with Gasteiger partial charge in [-0.1, -0.05) is 18.2 Å². The van der Waals surface area contributed by atoms with E-state index in [-0.39, 0.29) is 5.82 Å². The molecule has 21 heavy (non-hydrogen) atoms. The summed E-state index contributed by atoms with van der Waals surface area (Å²) in [4.78, 5) is 0. The lowest BCUT2D eigenvalue weighted by Crippen LogP contribution is -2.21. The molecule has 0 spiro atoms. The molecular weight excluding hydrogens is 332 g/mol. The Kier molecular flexibility index (Phi) is 6.48. The first-order chi connectivity index (χ1) is 9.61. The van der Waals surface area contributed by atoms with Gasteiger partial charge in [0.05, 0.1) is 0 Å². The molecule has 1 aliphatic heterocycles. The minimum atomic E-state index is -6.09. The summed E-state index contributed by atoms with van der Waals surface area (Å²) in [6, 6.07) is 7.17. The zero-order chi connectivity index (χ0) is 16.1. The maximum atomic E-state index is 13.2. The normalized spacial score (nSPS) is 16.4. The Hall–Kier alpha value is -0.800. The second-order valence-corrected chi connectivity index (χ2v) is 8.06. The summed E-state index contributed by atoms with van der Waals surface area (Å²) in [5.74, 6) is 3.57. The van der Waals surface area contributed by atoms with Crippen LogP contribution in [0.25, 0.3) is 0 Å². The summed E-state index contributed by atoms with van der Waals surface area (Å²) in [6.45, 7) is 0. The van der Waals surface area contributed by atoms with E-state index in [4.69, 9.17) is 13.0 Å². The highest BCUT2D eigenvalue weighted by Gasteiger charge is 2.36. The second-order valence-electron chi connectivity index (χ2n) is 4.36. The van der Waals surface area contributed by atoms with Crippen molar-refractivity contribution in [3.8, 4) is 0 Å². The van der Waals surface area contributed by atoms with Crippen LogP contribution in [0.5, 0.6) is 0 Å². The van der Waals surface area contributed by atoms with Crippen LogP contribution in [-0.2, 0) is 26.8 Å². The number of benzene rings is 1. The highest BCUT2D eigenvalue weighted by molar-refractivity contribution is 7.96. The Morgan fingerprint density at radius 2 is 1.62 bits per heavy atom. The Bertz CT molecular complexity index is 552. The Balaban J connectivity index is 0.000000240. The minimum Gasteiger partial charge on any atom is -0.741 e. The lowest BCUT2D eigenvalue weighted by atomic mass is 10.2. The van der Waals surface area contributed by atoms with Crippen molar-refractivity contribution >= 4 is 21.0 Å². The quantitative estimate of drug-likeness (QED) is 0.358. The Morgan fingerprint density at radius 3 is 2.05 bits per heavy atom. The SMILES string of the molecule is Fc1ccccc1C[S+]1CCCC1.O=S(=O)([O-])C(F)(F)F. The van der Waals surface area contributed by atoms with Crippen molar-refractivity contribution in [2.24, 2.45) is 0 Å². The molecule has 1 aliphatic rings. The maximum Gasteiger partial charge on any atom is 0.485 e. The molecule has 1 heterocycles. The fraction of sp³-hybridized carbons (Fsp3) is 0.500. The van der Waals surface area contributed by atoms with E-state index < -0.39 is 15.6 Å². The first-order valence-corrected chi connectivity index (χ1v) is 9.15. The molecule has 3 nitrogen and oxygen atoms in total. The van der Waals surface area contributed by atoms with Crippen molar-refractivity contribution in [2.75, 3.05) is 11.5 Å². The van der Waals surface area contributed by atoms with Gasteiger partial charge in [0.2, 0.25) is 0 Å². The van der Waals surface area contributed by atoms with Gasteiger partial charge in [0.25, 0.3) is 0 Å². The molecule has 1 aromatic carbocycles. The van der Waals surface area contributed by atoms with Crippen molar-refractivity contribution < 1.29 is 30.5 Å². The summed E-state index contributed by atoms with van der Waals surface area (Å²) < 4.78 is 72.2. The molecule has 0 saturated carbocycles. The lowest BCUT2D eigenvalue weighted by Gasteiger charge is -2.08. The van der Waals surface area contributed by atoms with Crippen LogP contribution in [0.3, 0.4) is 0 Å². The van der Waals surface area contributed by atoms with Gasteiger partial charge in [-0.3, -0.25) is 0 Å². The van der Waals surface area contributed by atoms with E-state index in [0.29, 0.717) is 10.9 Å². The summed E-state index contributed by atoms with van der Waals surface area (Å²) in [5, 5.41) is 0. The van der Waals surface area contributed by atoms with E-state index in [1.165, 1.54) is 24.3 Å². The minimum absolute atomic E-state index is 0.0260. The largest absolute Gasteiger partial charge is 0.741 e. The molecule has 1 saturated heterocycles. The molecule has 9 heteroatoms. The van der Waals surface area contributed by atoms with Crippen LogP contribution in [0.4, 0.5) is 17.6 Å². The predicted molar refractivity (Wildman–Crippen MR) is 72.2 cm³/mol. The molecular formula is C12H14F4O3S2. The van der Waals surface area contributed by atoms with E-state index in [0.717, 1.165) is 11.3 Å². The Morgan fingerprint density at radius 1 is 1.14 bits per heavy atom. The lowest BCUT2D eigenvalue weighted by molar-refractivity contribution is -0.0517. The van der Waals surface area contributed by atoms with E-state index in [1.807, 2.05) is 12.1 Å². The van der Waals surface area contributed by atoms with E-state index in [1.54, 1.807) is 12.1 Å². The molecule has 1 aromatic rings. The number of rotatable bonds is 2. The molecule has 0 bridgehead atoms. The molecule has 1 fully saturated rings. The number of hydrogen-bond acceptors (Lipinski definition) is 3. The zero-order valence-electron chi connectivity index (χ0n) is 10.9. The molecule has 0 amide bonds. The van der Waals surface area contributed by atoms with Crippen LogP contribution in [0.1, 0.15) is 18.4 Å². The van der Waals surface area contributed by atoms with E-state index in [9.17, 15) is 17.6 Å². The smallest absolute Gasteiger partial charge is 0.485 e. The van der Waals surface area contributed by atoms with Crippen molar-refractivity contribution in [2.45, 2.75) is 24.1 Å². The third-order valence-corrected chi connectivity index (χ3v) is 5.74. The molecule has 0 N–H and O–H groups in total. The summed E-state index contributed by atoms with van der Waals surface area (Å²) >= 11 is 0. The molecule has 0 atom stereocenters. The fourth-order valence-corrected chi connectivity index (χ4v) is 4.09. The summed E-state index contributed by atoms with van der Waals surface area (Å²) in [7, 11) is -5.62. The number of halogens is 4. The van der Waals surface area contributed by atoms with Gasteiger partial charge in [-0.25, -0.2) is 12.8 Å². The average molecular weight is 346 g/mol. The van der Waals surface area contributed by atoms with E-state index >= 15 is 0 Å². The van der Waals surface area contributed by atoms with Gasteiger partial charge >= 0.3 is 5.51 Å². The molecule has 0 unspecified atom stereocenters. The molecule has 0 radical (unpaired) electrons. The third kappa shape index (κ3) is 6.23. The maximum absolute atomic E-state index is 13.2. The van der Waals surface area contributed by atoms with Crippen molar-refractivity contribution in [1.82, 2.24) is 0 Å². The number of hydrogen-bond donors (Lipinski definition) is 0. The van der Waals surface area contributed by atoms with Gasteiger partial charge in [0.15, 0.2) is 10.1 Å². The van der Waals surface area contributed by atoms with Gasteiger partial charge in [0.1, 0.15) is 23.1 Å². The van der Waals surface area contributed by atoms with Crippen LogP contribution in [0, 0.1) is 5.82 Å². The van der Waals surface area contributed by atoms with E-state index in [2.05, 4.69) is 0 Å². The van der Waals surface area contributed by atoms with Gasteiger partial charge in [0, 0.05) is 5.56 Å². The highest BCUT2D eigenvalue weighted by atomic mass is 32.2. The first-order valence-electron chi connectivity index (χ1n) is 6.01. The standard InChI is InChI=1S/C11H14FS.CHF3O3S/c12-11-6-2-1-5-10(11)9-13-7-3-4-8-13;2-1(3,4)8(5,6)7/h1-2,5-6H,3-4,7-9H2;(H,5,6,7)/q+1;/p-1. The van der Waals surface area contributed by atoms with Crippen LogP contribution in [-0.4, -0.2) is 30.0 Å². The monoisotopic (exact) mass is 346 g/mol. The number of alkyl halides is 3. The molecule has 120 valence electrons. The van der Waals surface area contributed by atoms with Crippen LogP contribution < -0.4 is 0 Å². The molecule has 0 aliphatic carbocycles. The van der Waals surface area contributed by atoms with Gasteiger partial charge in [-0.05, 0) is 29.8 Å². The zero-order valence-corrected chi connectivity index (χ0v) is 12.5. The third-order valence-electron chi connectivity index (χ3n) is 2.72. The van der Waals surface area contributed by atoms with Crippen LogP contribution in [0.15, 0.2) is 24.3 Å². The van der Waals surface area contributed by atoms with Crippen molar-refractivity contribution in [1.29, 1.82) is 0 Å². The summed E-state index contributed by atoms with van der Waals surface area (Å²) in [5.41, 5.74) is -4.74. The predicted octanol–water partition coefficient (Wildman–Crippen LogP) is 2.79. The first kappa shape index (κ1) is 18.2.